The largest absolute Gasteiger partial charge is 0.493 e. The first-order chi connectivity index (χ1) is 9.67. The van der Waals surface area contributed by atoms with Crippen LogP contribution in [0.15, 0.2) is 12.1 Å². The molecule has 0 aromatic heterocycles. The lowest BCUT2D eigenvalue weighted by Crippen LogP contribution is -2.14. The summed E-state index contributed by atoms with van der Waals surface area (Å²) < 4.78 is 10.6. The monoisotopic (exact) mass is 294 g/mol. The minimum Gasteiger partial charge on any atom is -0.493 e. The molecule has 1 N–H and O–H groups in total. The maximum atomic E-state index is 10.6. The highest BCUT2D eigenvalue weighted by atomic mass is 16.5. The quantitative estimate of drug-likeness (QED) is 0.839. The summed E-state index contributed by atoms with van der Waals surface area (Å²) in [5, 5.41) is 10.6. The van der Waals surface area contributed by atoms with Crippen LogP contribution in [0.25, 0.3) is 0 Å². The van der Waals surface area contributed by atoms with Crippen molar-refractivity contribution in [3.8, 4) is 11.5 Å². The Morgan fingerprint density at radius 3 is 2.10 bits per heavy atom. The molecule has 2 unspecified atom stereocenters. The molecule has 0 heterocycles. The molecule has 1 aromatic rings. The third-order valence-electron chi connectivity index (χ3n) is 3.72. The molecular formula is C18H30O3. The average Bonchev–Trinajstić information content (AvgIpc) is 2.35. The van der Waals surface area contributed by atoms with Crippen LogP contribution in [0.3, 0.4) is 0 Å². The third kappa shape index (κ3) is 5.24. The van der Waals surface area contributed by atoms with E-state index in [9.17, 15) is 5.11 Å². The van der Waals surface area contributed by atoms with Crippen LogP contribution in [0, 0.1) is 18.3 Å². The Balaban J connectivity index is 2.89. The van der Waals surface area contributed by atoms with Crippen molar-refractivity contribution in [2.75, 3.05) is 14.2 Å². The van der Waals surface area contributed by atoms with E-state index >= 15 is 0 Å². The lowest BCUT2D eigenvalue weighted by Gasteiger charge is -2.25. The van der Waals surface area contributed by atoms with E-state index in [0.29, 0.717) is 17.4 Å². The Morgan fingerprint density at radius 1 is 1.10 bits per heavy atom. The first-order valence-electron chi connectivity index (χ1n) is 7.58. The summed E-state index contributed by atoms with van der Waals surface area (Å²) in [7, 11) is 3.24. The number of hydrogen-bond acceptors (Lipinski definition) is 3. The SMILES string of the molecule is COc1cc(C)c(C(O)CC(C)CC(C)(C)C)cc1OC. The number of aryl methyl sites for hydroxylation is 1. The van der Waals surface area contributed by atoms with E-state index in [1.807, 2.05) is 19.1 Å². The lowest BCUT2D eigenvalue weighted by molar-refractivity contribution is 0.133. The normalized spacial score (nSPS) is 14.7. The highest BCUT2D eigenvalue weighted by Gasteiger charge is 2.21. The van der Waals surface area contributed by atoms with E-state index in [4.69, 9.17) is 9.47 Å². The molecule has 0 aliphatic carbocycles. The molecule has 0 bridgehead atoms. The fraction of sp³-hybridized carbons (Fsp3) is 0.667. The van der Waals surface area contributed by atoms with Gasteiger partial charge in [0.1, 0.15) is 0 Å². The van der Waals surface area contributed by atoms with Crippen molar-refractivity contribution in [1.82, 2.24) is 0 Å². The van der Waals surface area contributed by atoms with Crippen molar-refractivity contribution in [1.29, 1.82) is 0 Å². The molecule has 1 aromatic carbocycles. The molecule has 0 saturated carbocycles. The van der Waals surface area contributed by atoms with Crippen molar-refractivity contribution < 1.29 is 14.6 Å². The molecule has 120 valence electrons. The maximum absolute atomic E-state index is 10.6. The average molecular weight is 294 g/mol. The topological polar surface area (TPSA) is 38.7 Å². The van der Waals surface area contributed by atoms with E-state index in [0.717, 1.165) is 24.0 Å². The molecule has 1 rings (SSSR count). The van der Waals surface area contributed by atoms with Gasteiger partial charge in [0.15, 0.2) is 11.5 Å². The first kappa shape index (κ1) is 17.8. The van der Waals surface area contributed by atoms with Crippen LogP contribution in [0.5, 0.6) is 11.5 Å². The van der Waals surface area contributed by atoms with Crippen molar-refractivity contribution >= 4 is 0 Å². The second-order valence-corrected chi connectivity index (χ2v) is 7.19. The van der Waals surface area contributed by atoms with E-state index < -0.39 is 6.10 Å². The number of ether oxygens (including phenoxy) is 2. The summed E-state index contributed by atoms with van der Waals surface area (Å²) >= 11 is 0. The number of aliphatic hydroxyl groups excluding tert-OH is 1. The number of hydrogen-bond donors (Lipinski definition) is 1. The predicted molar refractivity (Wildman–Crippen MR) is 87.1 cm³/mol. The van der Waals surface area contributed by atoms with Gasteiger partial charge in [0.2, 0.25) is 0 Å². The number of aliphatic hydroxyl groups is 1. The van der Waals surface area contributed by atoms with Gasteiger partial charge in [-0.25, -0.2) is 0 Å². The Bertz CT molecular complexity index is 460. The van der Waals surface area contributed by atoms with Crippen LogP contribution in [-0.4, -0.2) is 19.3 Å². The summed E-state index contributed by atoms with van der Waals surface area (Å²) in [6.45, 7) is 10.9. The second kappa shape index (κ2) is 7.17. The zero-order valence-corrected chi connectivity index (χ0v) is 14.5. The summed E-state index contributed by atoms with van der Waals surface area (Å²) in [5.74, 6) is 1.84. The molecule has 0 saturated heterocycles. The van der Waals surface area contributed by atoms with Gasteiger partial charge in [0, 0.05) is 0 Å². The smallest absolute Gasteiger partial charge is 0.161 e. The predicted octanol–water partition coefficient (Wildman–Crippen LogP) is 4.51. The lowest BCUT2D eigenvalue weighted by atomic mass is 9.82. The van der Waals surface area contributed by atoms with Gasteiger partial charge in [-0.1, -0.05) is 27.7 Å². The van der Waals surface area contributed by atoms with Gasteiger partial charge in [-0.2, -0.15) is 0 Å². The first-order valence-corrected chi connectivity index (χ1v) is 7.58. The van der Waals surface area contributed by atoms with Crippen LogP contribution < -0.4 is 9.47 Å². The Morgan fingerprint density at radius 2 is 1.62 bits per heavy atom. The summed E-state index contributed by atoms with van der Waals surface area (Å²) in [6, 6.07) is 3.81. The van der Waals surface area contributed by atoms with Gasteiger partial charge in [0.25, 0.3) is 0 Å². The summed E-state index contributed by atoms with van der Waals surface area (Å²) in [4.78, 5) is 0. The van der Waals surface area contributed by atoms with Crippen LogP contribution >= 0.6 is 0 Å². The molecule has 2 atom stereocenters. The Labute approximate surface area is 129 Å². The molecule has 0 aliphatic rings. The maximum Gasteiger partial charge on any atom is 0.161 e. The third-order valence-corrected chi connectivity index (χ3v) is 3.72. The van der Waals surface area contributed by atoms with Crippen LogP contribution in [0.1, 0.15) is 57.8 Å². The molecule has 0 amide bonds. The van der Waals surface area contributed by atoms with E-state index in [-0.39, 0.29) is 5.41 Å². The van der Waals surface area contributed by atoms with Gasteiger partial charge >= 0.3 is 0 Å². The zero-order valence-electron chi connectivity index (χ0n) is 14.5. The van der Waals surface area contributed by atoms with Gasteiger partial charge in [-0.15, -0.1) is 0 Å². The fourth-order valence-electron chi connectivity index (χ4n) is 2.99. The number of methoxy groups -OCH3 is 2. The minimum atomic E-state index is -0.470. The van der Waals surface area contributed by atoms with Gasteiger partial charge in [0.05, 0.1) is 20.3 Å². The highest BCUT2D eigenvalue weighted by Crippen LogP contribution is 2.36. The van der Waals surface area contributed by atoms with E-state index in [1.54, 1.807) is 14.2 Å². The Kier molecular flexibility index (Phi) is 6.09. The minimum absolute atomic E-state index is 0.284. The molecule has 3 nitrogen and oxygen atoms in total. The number of rotatable bonds is 6. The molecule has 0 spiro atoms. The van der Waals surface area contributed by atoms with E-state index in [1.165, 1.54) is 0 Å². The summed E-state index contributed by atoms with van der Waals surface area (Å²) in [5.41, 5.74) is 2.24. The zero-order chi connectivity index (χ0) is 16.2. The summed E-state index contributed by atoms with van der Waals surface area (Å²) in [6.07, 6.45) is 1.38. The highest BCUT2D eigenvalue weighted by molar-refractivity contribution is 5.47. The van der Waals surface area contributed by atoms with Crippen molar-refractivity contribution in [3.63, 3.8) is 0 Å². The van der Waals surface area contributed by atoms with E-state index in [2.05, 4.69) is 27.7 Å². The van der Waals surface area contributed by atoms with Crippen LogP contribution in [-0.2, 0) is 0 Å². The van der Waals surface area contributed by atoms with Gasteiger partial charge in [-0.05, 0) is 54.4 Å². The van der Waals surface area contributed by atoms with Crippen molar-refractivity contribution in [2.45, 2.75) is 53.6 Å². The van der Waals surface area contributed by atoms with Crippen molar-refractivity contribution in [3.05, 3.63) is 23.3 Å². The van der Waals surface area contributed by atoms with Crippen molar-refractivity contribution in [2.24, 2.45) is 11.3 Å². The van der Waals surface area contributed by atoms with Crippen LogP contribution in [0.4, 0.5) is 0 Å². The van der Waals surface area contributed by atoms with Gasteiger partial charge in [-0.3, -0.25) is 0 Å². The molecule has 0 radical (unpaired) electrons. The molecule has 0 aliphatic heterocycles. The molecule has 0 fully saturated rings. The second-order valence-electron chi connectivity index (χ2n) is 7.19. The Hall–Kier alpha value is -1.22. The van der Waals surface area contributed by atoms with Crippen LogP contribution in [0.2, 0.25) is 0 Å². The molecule has 3 heteroatoms. The standard InChI is InChI=1S/C18H30O3/c1-12(11-18(3,4)5)8-15(19)14-10-17(21-7)16(20-6)9-13(14)2/h9-10,12,15,19H,8,11H2,1-7H3. The van der Waals surface area contributed by atoms with Gasteiger partial charge < -0.3 is 14.6 Å². The fourth-order valence-corrected chi connectivity index (χ4v) is 2.99. The molecular weight excluding hydrogens is 264 g/mol. The molecule has 21 heavy (non-hydrogen) atoms. The number of benzene rings is 1.